The van der Waals surface area contributed by atoms with Gasteiger partial charge in [0.1, 0.15) is 29.7 Å². The summed E-state index contributed by atoms with van der Waals surface area (Å²) in [6.07, 6.45) is 9.39. The van der Waals surface area contributed by atoms with Crippen LogP contribution in [0.5, 0.6) is 0 Å². The molecule has 4 atom stereocenters. The van der Waals surface area contributed by atoms with E-state index >= 15 is 0 Å². The molecule has 0 radical (unpaired) electrons. The van der Waals surface area contributed by atoms with Crippen molar-refractivity contribution in [2.45, 2.75) is 83.0 Å². The van der Waals surface area contributed by atoms with Gasteiger partial charge in [-0.15, -0.1) is 0 Å². The predicted molar refractivity (Wildman–Crippen MR) is 151 cm³/mol. The Morgan fingerprint density at radius 3 is 2.79 bits per heavy atom. The Kier molecular flexibility index (Phi) is 5.95. The minimum Gasteiger partial charge on any atom is -0.383 e. The third-order valence-corrected chi connectivity index (χ3v) is 9.28. The van der Waals surface area contributed by atoms with Gasteiger partial charge < -0.3 is 29.7 Å². The lowest BCUT2D eigenvalue weighted by atomic mass is 9.76. The van der Waals surface area contributed by atoms with Crippen molar-refractivity contribution in [1.29, 1.82) is 0 Å². The molecule has 0 amide bonds. The van der Waals surface area contributed by atoms with Crippen LogP contribution in [0.4, 0.5) is 5.82 Å². The number of benzene rings is 1. The molecule has 206 valence electrons. The number of anilines is 1. The molecule has 1 aliphatic heterocycles. The van der Waals surface area contributed by atoms with Crippen LogP contribution in [-0.4, -0.2) is 67.0 Å². The Morgan fingerprint density at radius 2 is 1.95 bits per heavy atom. The Balaban J connectivity index is 0.983. The molecule has 39 heavy (non-hydrogen) atoms. The van der Waals surface area contributed by atoms with E-state index in [1.807, 2.05) is 19.9 Å². The summed E-state index contributed by atoms with van der Waals surface area (Å²) in [6, 6.07) is 9.23. The fourth-order valence-electron chi connectivity index (χ4n) is 7.21. The molecule has 2 aliphatic carbocycles. The van der Waals surface area contributed by atoms with Crippen LogP contribution in [0.2, 0.25) is 0 Å². The number of hydrogen-bond acceptors (Lipinski definition) is 7. The SMILES string of the molecule is Cc1ccc2[nH]c(CC[C@H]3C[C@H](N(C)C[C@H]4C[C@@H](n5ccc6c(N)ncnc65)[C@@H]5OC(C)(C)O[C@H]45)C3)nc2c1. The van der Waals surface area contributed by atoms with E-state index in [0.717, 1.165) is 53.2 Å². The van der Waals surface area contributed by atoms with Crippen molar-refractivity contribution < 1.29 is 9.47 Å². The Morgan fingerprint density at radius 1 is 1.13 bits per heavy atom. The summed E-state index contributed by atoms with van der Waals surface area (Å²) in [7, 11) is 2.28. The number of imidazole rings is 1. The normalized spacial score (nSPS) is 29.9. The highest BCUT2D eigenvalue weighted by Gasteiger charge is 2.55. The van der Waals surface area contributed by atoms with Crippen LogP contribution in [0.1, 0.15) is 57.0 Å². The van der Waals surface area contributed by atoms with Gasteiger partial charge in [0.25, 0.3) is 0 Å². The smallest absolute Gasteiger partial charge is 0.163 e. The molecule has 3 aromatic heterocycles. The number of aromatic amines is 1. The molecule has 0 bridgehead atoms. The van der Waals surface area contributed by atoms with Crippen molar-refractivity contribution in [3.63, 3.8) is 0 Å². The average Bonchev–Trinajstić information content (AvgIpc) is 3.60. The quantitative estimate of drug-likeness (QED) is 0.360. The van der Waals surface area contributed by atoms with Gasteiger partial charge in [0.15, 0.2) is 5.79 Å². The number of rotatable bonds is 7. The van der Waals surface area contributed by atoms with Gasteiger partial charge in [-0.2, -0.15) is 0 Å². The van der Waals surface area contributed by atoms with E-state index < -0.39 is 5.79 Å². The molecular formula is C30H39N7O2. The number of nitrogen functional groups attached to an aromatic ring is 1. The molecule has 2 saturated carbocycles. The second-order valence-electron chi connectivity index (χ2n) is 12.5. The van der Waals surface area contributed by atoms with Gasteiger partial charge in [-0.3, -0.25) is 0 Å². The monoisotopic (exact) mass is 529 g/mol. The Labute approximate surface area is 229 Å². The van der Waals surface area contributed by atoms with Gasteiger partial charge >= 0.3 is 0 Å². The average molecular weight is 530 g/mol. The van der Waals surface area contributed by atoms with E-state index in [-0.39, 0.29) is 18.2 Å². The van der Waals surface area contributed by atoms with Crippen molar-refractivity contribution in [2.75, 3.05) is 19.3 Å². The van der Waals surface area contributed by atoms with Crippen LogP contribution in [-0.2, 0) is 15.9 Å². The Bertz CT molecular complexity index is 1500. The van der Waals surface area contributed by atoms with Crippen LogP contribution in [0.15, 0.2) is 36.8 Å². The number of nitrogens with one attached hydrogen (secondary N) is 1. The highest BCUT2D eigenvalue weighted by Crippen LogP contribution is 2.48. The van der Waals surface area contributed by atoms with E-state index in [4.69, 9.17) is 20.2 Å². The van der Waals surface area contributed by atoms with E-state index in [0.29, 0.717) is 17.8 Å². The van der Waals surface area contributed by atoms with E-state index in [2.05, 4.69) is 62.8 Å². The van der Waals surface area contributed by atoms with Crippen LogP contribution < -0.4 is 5.73 Å². The third-order valence-electron chi connectivity index (χ3n) is 9.28. The van der Waals surface area contributed by atoms with E-state index in [1.54, 1.807) is 6.33 Å². The first-order valence-electron chi connectivity index (χ1n) is 14.3. The van der Waals surface area contributed by atoms with Crippen molar-refractivity contribution in [3.8, 4) is 0 Å². The fourth-order valence-corrected chi connectivity index (χ4v) is 7.21. The zero-order valence-corrected chi connectivity index (χ0v) is 23.3. The number of hydrogen-bond donors (Lipinski definition) is 2. The molecule has 0 unspecified atom stereocenters. The fraction of sp³-hybridized carbons (Fsp3) is 0.567. The van der Waals surface area contributed by atoms with Gasteiger partial charge in [-0.1, -0.05) is 6.07 Å². The third kappa shape index (κ3) is 4.50. The second kappa shape index (κ2) is 9.28. The molecule has 1 aromatic carbocycles. The number of nitrogens with zero attached hydrogens (tertiary/aromatic N) is 5. The number of ether oxygens (including phenoxy) is 2. The van der Waals surface area contributed by atoms with Gasteiger partial charge in [0.2, 0.25) is 0 Å². The maximum atomic E-state index is 6.49. The van der Waals surface area contributed by atoms with Gasteiger partial charge in [0, 0.05) is 31.1 Å². The summed E-state index contributed by atoms with van der Waals surface area (Å²) in [4.78, 5) is 19.6. The highest BCUT2D eigenvalue weighted by atomic mass is 16.8. The zero-order chi connectivity index (χ0) is 26.9. The minimum absolute atomic E-state index is 0.00748. The van der Waals surface area contributed by atoms with Crippen LogP contribution in [0, 0.1) is 18.8 Å². The predicted octanol–water partition coefficient (Wildman–Crippen LogP) is 4.62. The summed E-state index contributed by atoms with van der Waals surface area (Å²) in [5.41, 5.74) is 10.5. The van der Waals surface area contributed by atoms with Gasteiger partial charge in [-0.25, -0.2) is 15.0 Å². The molecule has 3 N–H and O–H groups in total. The van der Waals surface area contributed by atoms with Crippen molar-refractivity contribution in [2.24, 2.45) is 11.8 Å². The molecule has 9 heteroatoms. The zero-order valence-electron chi connectivity index (χ0n) is 23.3. The van der Waals surface area contributed by atoms with Crippen molar-refractivity contribution >= 4 is 27.9 Å². The number of nitrogens with two attached hydrogens (primary N) is 1. The summed E-state index contributed by atoms with van der Waals surface area (Å²) >= 11 is 0. The van der Waals surface area contributed by atoms with Gasteiger partial charge in [0.05, 0.1) is 28.6 Å². The number of H-pyrrole nitrogens is 1. The number of aryl methyl sites for hydroxylation is 2. The van der Waals surface area contributed by atoms with Crippen LogP contribution in [0.25, 0.3) is 22.1 Å². The summed E-state index contributed by atoms with van der Waals surface area (Å²) in [6.45, 7) is 7.17. The molecule has 3 aliphatic rings. The molecule has 4 aromatic rings. The maximum absolute atomic E-state index is 6.49. The largest absolute Gasteiger partial charge is 0.383 e. The maximum Gasteiger partial charge on any atom is 0.163 e. The van der Waals surface area contributed by atoms with Crippen LogP contribution >= 0.6 is 0 Å². The summed E-state index contributed by atoms with van der Waals surface area (Å²) in [5.74, 6) is 2.20. The van der Waals surface area contributed by atoms with E-state index in [1.165, 1.54) is 24.8 Å². The second-order valence-corrected chi connectivity index (χ2v) is 12.5. The topological polar surface area (TPSA) is 107 Å². The number of aromatic nitrogens is 5. The van der Waals surface area contributed by atoms with E-state index in [9.17, 15) is 0 Å². The lowest BCUT2D eigenvalue weighted by Gasteiger charge is -2.42. The van der Waals surface area contributed by atoms with Gasteiger partial charge in [-0.05, 0) is 83.2 Å². The first kappa shape index (κ1) is 25.0. The summed E-state index contributed by atoms with van der Waals surface area (Å²) in [5, 5.41) is 0.895. The lowest BCUT2D eigenvalue weighted by molar-refractivity contribution is -0.161. The summed E-state index contributed by atoms with van der Waals surface area (Å²) < 4.78 is 15.2. The molecule has 0 spiro atoms. The molecule has 1 saturated heterocycles. The first-order chi connectivity index (χ1) is 18.7. The molecule has 3 fully saturated rings. The minimum atomic E-state index is -0.585. The number of fused-ring (bicyclic) bond motifs is 3. The standard InChI is InChI=1S/C30H39N7O2/c1-17-5-7-22-23(11-17)35-25(34-22)8-6-18-12-20(13-18)36(4)15-19-14-24(27-26(19)38-30(2,3)39-27)37-10-9-21-28(31)32-16-33-29(21)37/h5,7,9-11,16,18-20,24,26-27H,6,8,12-15H2,1-4H3,(H,34,35)(H2,31,32,33)/t18-,19-,20-,24-,26-,27+/m1/s1. The first-order valence-corrected chi connectivity index (χ1v) is 14.3. The molecule has 4 heterocycles. The molecular weight excluding hydrogens is 490 g/mol. The lowest BCUT2D eigenvalue weighted by Crippen LogP contribution is -2.46. The highest BCUT2D eigenvalue weighted by molar-refractivity contribution is 5.86. The van der Waals surface area contributed by atoms with Crippen molar-refractivity contribution in [1.82, 2.24) is 29.4 Å². The molecule has 9 nitrogen and oxygen atoms in total. The molecule has 7 rings (SSSR count). The Hall–Kier alpha value is -3.01. The van der Waals surface area contributed by atoms with Crippen LogP contribution in [0.3, 0.4) is 0 Å². The van der Waals surface area contributed by atoms with Crippen molar-refractivity contribution in [3.05, 3.63) is 48.2 Å².